The lowest BCUT2D eigenvalue weighted by molar-refractivity contribution is -0.147. The molecule has 0 spiro atoms. The molecule has 0 saturated heterocycles. The zero-order chi connectivity index (χ0) is 22.1. The topological polar surface area (TPSA) is 92.3 Å². The smallest absolute Gasteiger partial charge is 0.309 e. The Kier molecular flexibility index (Phi) is 8.34. The molecule has 2 aromatic carbocycles. The van der Waals surface area contributed by atoms with Crippen LogP contribution in [0.5, 0.6) is 23.0 Å². The second-order valence-corrected chi connectivity index (χ2v) is 6.49. The number of hydrogen-bond acceptors (Lipinski definition) is 7. The Morgan fingerprint density at radius 2 is 1.57 bits per heavy atom. The Labute approximate surface area is 176 Å². The van der Waals surface area contributed by atoms with E-state index in [1.807, 2.05) is 32.0 Å². The first-order valence-corrected chi connectivity index (χ1v) is 9.33. The molecule has 1 N–H and O–H groups in total. The van der Waals surface area contributed by atoms with Crippen LogP contribution in [-0.4, -0.2) is 46.4 Å². The SMILES string of the molecule is COc1cc(NC(=O)COC(=O)CCOc2cc(C)ccc2C)cc(OC)c1OC. The Balaban J connectivity index is 1.82. The number of anilines is 1. The number of ether oxygens (including phenoxy) is 5. The minimum atomic E-state index is -0.527. The summed E-state index contributed by atoms with van der Waals surface area (Å²) in [6, 6.07) is 9.02. The number of benzene rings is 2. The highest BCUT2D eigenvalue weighted by atomic mass is 16.5. The summed E-state index contributed by atoms with van der Waals surface area (Å²) in [5.41, 5.74) is 2.48. The maximum Gasteiger partial charge on any atom is 0.309 e. The monoisotopic (exact) mass is 417 g/mol. The molecule has 2 aromatic rings. The molecule has 0 aliphatic rings. The van der Waals surface area contributed by atoms with Crippen LogP contribution in [-0.2, 0) is 14.3 Å². The molecule has 0 unspecified atom stereocenters. The quantitative estimate of drug-likeness (QED) is 0.593. The van der Waals surface area contributed by atoms with Crippen molar-refractivity contribution >= 4 is 17.6 Å². The van der Waals surface area contributed by atoms with Crippen molar-refractivity contribution in [3.8, 4) is 23.0 Å². The van der Waals surface area contributed by atoms with Crippen molar-refractivity contribution in [3.05, 3.63) is 41.5 Å². The third kappa shape index (κ3) is 6.30. The van der Waals surface area contributed by atoms with Crippen molar-refractivity contribution in [1.82, 2.24) is 0 Å². The maximum absolute atomic E-state index is 12.1. The van der Waals surface area contributed by atoms with Crippen molar-refractivity contribution in [2.75, 3.05) is 39.9 Å². The second kappa shape index (κ2) is 10.9. The van der Waals surface area contributed by atoms with E-state index in [1.165, 1.54) is 21.3 Å². The van der Waals surface area contributed by atoms with Gasteiger partial charge in [-0.25, -0.2) is 0 Å². The number of aryl methyl sites for hydroxylation is 2. The van der Waals surface area contributed by atoms with Gasteiger partial charge in [-0.1, -0.05) is 12.1 Å². The average molecular weight is 417 g/mol. The first-order chi connectivity index (χ1) is 14.4. The molecule has 1 amide bonds. The average Bonchev–Trinajstić information content (AvgIpc) is 2.73. The number of amides is 1. The molecule has 0 aromatic heterocycles. The molecule has 0 aliphatic heterocycles. The third-order valence-electron chi connectivity index (χ3n) is 4.22. The molecule has 2 rings (SSSR count). The molecule has 0 fully saturated rings. The molecule has 8 nitrogen and oxygen atoms in total. The largest absolute Gasteiger partial charge is 0.493 e. The van der Waals surface area contributed by atoms with Gasteiger partial charge in [0, 0.05) is 17.8 Å². The van der Waals surface area contributed by atoms with Gasteiger partial charge in [0.05, 0.1) is 34.4 Å². The first kappa shape index (κ1) is 22.9. The van der Waals surface area contributed by atoms with Crippen molar-refractivity contribution in [2.24, 2.45) is 0 Å². The van der Waals surface area contributed by atoms with Crippen LogP contribution in [0.4, 0.5) is 5.69 Å². The summed E-state index contributed by atoms with van der Waals surface area (Å²) in [4.78, 5) is 24.0. The summed E-state index contributed by atoms with van der Waals surface area (Å²) >= 11 is 0. The number of hydrogen-bond donors (Lipinski definition) is 1. The normalized spacial score (nSPS) is 10.2. The highest BCUT2D eigenvalue weighted by molar-refractivity contribution is 5.93. The van der Waals surface area contributed by atoms with E-state index < -0.39 is 18.5 Å². The minimum Gasteiger partial charge on any atom is -0.493 e. The molecular weight excluding hydrogens is 390 g/mol. The van der Waals surface area contributed by atoms with Crippen LogP contribution in [0.25, 0.3) is 0 Å². The van der Waals surface area contributed by atoms with E-state index in [4.69, 9.17) is 23.7 Å². The Bertz CT molecular complexity index is 870. The van der Waals surface area contributed by atoms with E-state index >= 15 is 0 Å². The van der Waals surface area contributed by atoms with Gasteiger partial charge in [-0.05, 0) is 31.0 Å². The van der Waals surface area contributed by atoms with Gasteiger partial charge in [0.25, 0.3) is 5.91 Å². The van der Waals surface area contributed by atoms with Gasteiger partial charge < -0.3 is 29.0 Å². The Hall–Kier alpha value is -3.42. The Morgan fingerprint density at radius 3 is 2.17 bits per heavy atom. The van der Waals surface area contributed by atoms with Crippen LogP contribution in [0.1, 0.15) is 17.5 Å². The number of carbonyl (C=O) groups excluding carboxylic acids is 2. The van der Waals surface area contributed by atoms with Crippen molar-refractivity contribution < 1.29 is 33.3 Å². The minimum absolute atomic E-state index is 0.0326. The fourth-order valence-corrected chi connectivity index (χ4v) is 2.68. The van der Waals surface area contributed by atoms with Crippen molar-refractivity contribution in [2.45, 2.75) is 20.3 Å². The third-order valence-corrected chi connectivity index (χ3v) is 4.22. The van der Waals surface area contributed by atoms with E-state index in [0.29, 0.717) is 22.9 Å². The highest BCUT2D eigenvalue weighted by Crippen LogP contribution is 2.39. The molecular formula is C22H27NO7. The predicted molar refractivity (Wildman–Crippen MR) is 112 cm³/mol. The van der Waals surface area contributed by atoms with Gasteiger partial charge in [-0.3, -0.25) is 9.59 Å². The fraction of sp³-hybridized carbons (Fsp3) is 0.364. The second-order valence-electron chi connectivity index (χ2n) is 6.49. The number of esters is 1. The molecule has 162 valence electrons. The van der Waals surface area contributed by atoms with Crippen LogP contribution in [0.15, 0.2) is 30.3 Å². The lowest BCUT2D eigenvalue weighted by Gasteiger charge is -2.14. The molecule has 30 heavy (non-hydrogen) atoms. The van der Waals surface area contributed by atoms with Crippen LogP contribution >= 0.6 is 0 Å². The summed E-state index contributed by atoms with van der Waals surface area (Å²) in [7, 11) is 4.44. The molecule has 0 atom stereocenters. The summed E-state index contributed by atoms with van der Waals surface area (Å²) in [5, 5.41) is 2.63. The van der Waals surface area contributed by atoms with E-state index in [-0.39, 0.29) is 13.0 Å². The summed E-state index contributed by atoms with van der Waals surface area (Å²) in [5.74, 6) is 0.908. The van der Waals surface area contributed by atoms with E-state index in [1.54, 1.807) is 12.1 Å². The molecule has 8 heteroatoms. The summed E-state index contributed by atoms with van der Waals surface area (Å²) < 4.78 is 26.3. The lowest BCUT2D eigenvalue weighted by Crippen LogP contribution is -2.21. The van der Waals surface area contributed by atoms with Crippen LogP contribution < -0.4 is 24.3 Å². The van der Waals surface area contributed by atoms with E-state index in [9.17, 15) is 9.59 Å². The summed E-state index contributed by atoms with van der Waals surface area (Å²) in [6.45, 7) is 3.64. The van der Waals surface area contributed by atoms with Gasteiger partial charge in [0.1, 0.15) is 5.75 Å². The van der Waals surface area contributed by atoms with Gasteiger partial charge in [0.15, 0.2) is 18.1 Å². The van der Waals surface area contributed by atoms with Crippen molar-refractivity contribution in [1.29, 1.82) is 0 Å². The molecule has 0 radical (unpaired) electrons. The molecule has 0 aliphatic carbocycles. The lowest BCUT2D eigenvalue weighted by atomic mass is 10.1. The maximum atomic E-state index is 12.1. The van der Waals surface area contributed by atoms with Crippen LogP contribution in [0, 0.1) is 13.8 Å². The number of nitrogens with one attached hydrogen (secondary N) is 1. The van der Waals surface area contributed by atoms with Gasteiger partial charge in [0.2, 0.25) is 5.75 Å². The summed E-state index contributed by atoms with van der Waals surface area (Å²) in [6.07, 6.45) is 0.0326. The van der Waals surface area contributed by atoms with Gasteiger partial charge >= 0.3 is 5.97 Å². The predicted octanol–water partition coefficient (Wildman–Crippen LogP) is 3.28. The van der Waals surface area contributed by atoms with E-state index in [0.717, 1.165) is 16.9 Å². The van der Waals surface area contributed by atoms with Crippen LogP contribution in [0.2, 0.25) is 0 Å². The molecule has 0 heterocycles. The van der Waals surface area contributed by atoms with Crippen LogP contribution in [0.3, 0.4) is 0 Å². The highest BCUT2D eigenvalue weighted by Gasteiger charge is 2.15. The molecule has 0 bridgehead atoms. The Morgan fingerprint density at radius 1 is 0.900 bits per heavy atom. The number of carbonyl (C=O) groups is 2. The first-order valence-electron chi connectivity index (χ1n) is 9.33. The zero-order valence-electron chi connectivity index (χ0n) is 17.9. The number of methoxy groups -OCH3 is 3. The van der Waals surface area contributed by atoms with Crippen molar-refractivity contribution in [3.63, 3.8) is 0 Å². The van der Waals surface area contributed by atoms with Gasteiger partial charge in [-0.15, -0.1) is 0 Å². The number of rotatable bonds is 10. The fourth-order valence-electron chi connectivity index (χ4n) is 2.68. The standard InChI is InChI=1S/C22H27NO7/c1-14-6-7-15(2)17(10-14)29-9-8-21(25)30-13-20(24)23-16-11-18(26-3)22(28-5)19(12-16)27-4/h6-7,10-12H,8-9,13H2,1-5H3,(H,23,24). The zero-order valence-corrected chi connectivity index (χ0v) is 17.9. The van der Waals surface area contributed by atoms with E-state index in [2.05, 4.69) is 5.32 Å². The van der Waals surface area contributed by atoms with Gasteiger partial charge in [-0.2, -0.15) is 0 Å². The molecule has 0 saturated carbocycles.